The molecule has 0 bridgehead atoms. The molecule has 3 rings (SSSR count). The predicted octanol–water partition coefficient (Wildman–Crippen LogP) is 3.23. The fraction of sp³-hybridized carbons (Fsp3) is 0.556. The highest BCUT2D eigenvalue weighted by atomic mass is 35.5. The minimum atomic E-state index is -3.56. The van der Waals surface area contributed by atoms with Crippen LogP contribution in [0.25, 0.3) is 11.5 Å². The van der Waals surface area contributed by atoms with E-state index in [9.17, 15) is 8.42 Å². The Hall–Kier alpha value is -1.48. The zero-order valence-corrected chi connectivity index (χ0v) is 17.6. The molecule has 9 heteroatoms. The highest BCUT2D eigenvalue weighted by Gasteiger charge is 2.36. The smallest absolute Gasteiger partial charge is 0.258 e. The van der Waals surface area contributed by atoms with Gasteiger partial charge in [0.25, 0.3) is 5.89 Å². The van der Waals surface area contributed by atoms with E-state index in [0.717, 1.165) is 25.7 Å². The van der Waals surface area contributed by atoms with Crippen molar-refractivity contribution in [2.24, 2.45) is 5.73 Å². The van der Waals surface area contributed by atoms with E-state index in [-0.39, 0.29) is 17.3 Å². The summed E-state index contributed by atoms with van der Waals surface area (Å²) in [6.07, 6.45) is 3.78. The molecule has 1 aromatic heterocycles. The molecule has 27 heavy (non-hydrogen) atoms. The third kappa shape index (κ3) is 4.03. The number of hydrogen-bond acceptors (Lipinski definition) is 6. The Morgan fingerprint density at radius 3 is 2.44 bits per heavy atom. The Kier molecular flexibility index (Phi) is 6.68. The lowest BCUT2D eigenvalue weighted by Gasteiger charge is -2.20. The van der Waals surface area contributed by atoms with Crippen molar-refractivity contribution in [3.63, 3.8) is 0 Å². The first-order chi connectivity index (χ1) is 12.3. The number of aromatic nitrogens is 2. The number of halogens is 1. The van der Waals surface area contributed by atoms with Gasteiger partial charge in [0, 0.05) is 18.7 Å². The van der Waals surface area contributed by atoms with Crippen molar-refractivity contribution in [2.45, 2.75) is 56.9 Å². The summed E-state index contributed by atoms with van der Waals surface area (Å²) in [6.45, 7) is 6.28. The van der Waals surface area contributed by atoms with E-state index in [0.29, 0.717) is 35.9 Å². The average molecular weight is 415 g/mol. The number of nitrogens with two attached hydrogens (primary N) is 1. The third-order valence-electron chi connectivity index (χ3n) is 5.13. The summed E-state index contributed by atoms with van der Waals surface area (Å²) in [5.74, 6) is 0.798. The lowest BCUT2D eigenvalue weighted by atomic mass is 9.99. The van der Waals surface area contributed by atoms with Crippen molar-refractivity contribution >= 4 is 22.4 Å². The normalized spacial score (nSPS) is 16.5. The van der Waals surface area contributed by atoms with E-state index in [1.54, 1.807) is 25.1 Å². The van der Waals surface area contributed by atoms with E-state index < -0.39 is 15.6 Å². The van der Waals surface area contributed by atoms with Gasteiger partial charge in [-0.2, -0.15) is 9.29 Å². The SMILES string of the molecule is CCN(CC)S(=O)(=O)c1cc(-c2nc(C3(N)CCCC3)no2)ccc1C.Cl. The van der Waals surface area contributed by atoms with E-state index in [1.807, 2.05) is 13.8 Å². The third-order valence-corrected chi connectivity index (χ3v) is 7.32. The molecule has 2 aromatic rings. The van der Waals surface area contributed by atoms with Crippen molar-refractivity contribution in [3.8, 4) is 11.5 Å². The standard InChI is InChI=1S/C18H26N4O3S.ClH/c1-4-22(5-2)26(23,24)15-12-14(9-8-13(15)3)16-20-17(21-25-16)18(19)10-6-7-11-18;/h8-9,12H,4-7,10-11,19H2,1-3H3;1H. The quantitative estimate of drug-likeness (QED) is 0.778. The van der Waals surface area contributed by atoms with Crippen LogP contribution < -0.4 is 5.73 Å². The predicted molar refractivity (Wildman–Crippen MR) is 106 cm³/mol. The Morgan fingerprint density at radius 1 is 1.22 bits per heavy atom. The fourth-order valence-electron chi connectivity index (χ4n) is 3.49. The molecule has 1 saturated carbocycles. The maximum Gasteiger partial charge on any atom is 0.258 e. The first-order valence-corrected chi connectivity index (χ1v) is 10.5. The summed E-state index contributed by atoms with van der Waals surface area (Å²) in [5, 5.41) is 4.06. The molecule has 7 nitrogen and oxygen atoms in total. The van der Waals surface area contributed by atoms with Crippen LogP contribution in [0.5, 0.6) is 0 Å². The first kappa shape index (κ1) is 21.8. The number of aryl methyl sites for hydroxylation is 1. The van der Waals surface area contributed by atoms with Crippen molar-refractivity contribution in [1.29, 1.82) is 0 Å². The molecule has 0 atom stereocenters. The lowest BCUT2D eigenvalue weighted by Crippen LogP contribution is -2.34. The van der Waals surface area contributed by atoms with Crippen LogP contribution in [-0.2, 0) is 15.6 Å². The van der Waals surface area contributed by atoms with Gasteiger partial charge in [0.15, 0.2) is 5.82 Å². The molecule has 0 aliphatic heterocycles. The molecular weight excluding hydrogens is 388 g/mol. The van der Waals surface area contributed by atoms with Crippen LogP contribution in [0.2, 0.25) is 0 Å². The molecule has 1 heterocycles. The lowest BCUT2D eigenvalue weighted by molar-refractivity contribution is 0.372. The van der Waals surface area contributed by atoms with Crippen LogP contribution >= 0.6 is 12.4 Å². The van der Waals surface area contributed by atoms with Crippen molar-refractivity contribution in [3.05, 3.63) is 29.6 Å². The molecule has 1 aromatic carbocycles. The second kappa shape index (κ2) is 8.26. The molecular formula is C18H27ClN4O3S. The Labute approximate surface area is 166 Å². The molecule has 0 amide bonds. The van der Waals surface area contributed by atoms with Crippen LogP contribution in [0.4, 0.5) is 0 Å². The molecule has 0 radical (unpaired) electrons. The number of nitrogens with zero attached hydrogens (tertiary/aromatic N) is 3. The first-order valence-electron chi connectivity index (χ1n) is 9.06. The van der Waals surface area contributed by atoms with Gasteiger partial charge in [-0.05, 0) is 37.5 Å². The van der Waals surface area contributed by atoms with Gasteiger partial charge in [-0.1, -0.05) is 37.9 Å². The molecule has 1 fully saturated rings. The molecule has 1 aliphatic rings. The van der Waals surface area contributed by atoms with E-state index in [4.69, 9.17) is 10.3 Å². The average Bonchev–Trinajstić information content (AvgIpc) is 3.26. The fourth-order valence-corrected chi connectivity index (χ4v) is 5.19. The second-order valence-electron chi connectivity index (χ2n) is 6.86. The number of hydrogen-bond donors (Lipinski definition) is 1. The maximum absolute atomic E-state index is 12.9. The van der Waals surface area contributed by atoms with Crippen molar-refractivity contribution in [1.82, 2.24) is 14.4 Å². The minimum absolute atomic E-state index is 0. The topological polar surface area (TPSA) is 102 Å². The second-order valence-corrected chi connectivity index (χ2v) is 8.76. The van der Waals surface area contributed by atoms with Gasteiger partial charge in [0.05, 0.1) is 10.4 Å². The van der Waals surface area contributed by atoms with Crippen LogP contribution in [0, 0.1) is 6.92 Å². The molecule has 0 unspecified atom stereocenters. The summed E-state index contributed by atoms with van der Waals surface area (Å²) in [5.41, 5.74) is 7.12. The van der Waals surface area contributed by atoms with Crippen LogP contribution in [-0.4, -0.2) is 36.0 Å². The zero-order chi connectivity index (χ0) is 18.9. The number of rotatable bonds is 6. The Morgan fingerprint density at radius 2 is 1.85 bits per heavy atom. The minimum Gasteiger partial charge on any atom is -0.334 e. The van der Waals surface area contributed by atoms with Crippen LogP contribution in [0.3, 0.4) is 0 Å². The molecule has 1 aliphatic carbocycles. The van der Waals surface area contributed by atoms with E-state index >= 15 is 0 Å². The molecule has 0 spiro atoms. The number of sulfonamides is 1. The number of benzene rings is 1. The summed E-state index contributed by atoms with van der Waals surface area (Å²) in [6, 6.07) is 5.17. The summed E-state index contributed by atoms with van der Waals surface area (Å²) in [4.78, 5) is 4.73. The van der Waals surface area contributed by atoms with Crippen LogP contribution in [0.15, 0.2) is 27.6 Å². The monoisotopic (exact) mass is 414 g/mol. The summed E-state index contributed by atoms with van der Waals surface area (Å²) < 4.78 is 32.6. The van der Waals surface area contributed by atoms with Gasteiger partial charge in [-0.3, -0.25) is 0 Å². The zero-order valence-electron chi connectivity index (χ0n) is 15.9. The summed E-state index contributed by atoms with van der Waals surface area (Å²) >= 11 is 0. The van der Waals surface area contributed by atoms with Gasteiger partial charge < -0.3 is 10.3 Å². The largest absolute Gasteiger partial charge is 0.334 e. The van der Waals surface area contributed by atoms with Crippen molar-refractivity contribution < 1.29 is 12.9 Å². The van der Waals surface area contributed by atoms with Crippen molar-refractivity contribution in [2.75, 3.05) is 13.1 Å². The Balaban J connectivity index is 0.00000261. The molecule has 2 N–H and O–H groups in total. The summed E-state index contributed by atoms with van der Waals surface area (Å²) in [7, 11) is -3.56. The van der Waals surface area contributed by atoms with Gasteiger partial charge >= 0.3 is 0 Å². The highest BCUT2D eigenvalue weighted by Crippen LogP contribution is 2.35. The van der Waals surface area contributed by atoms with Gasteiger partial charge in [0.2, 0.25) is 10.0 Å². The van der Waals surface area contributed by atoms with Gasteiger partial charge in [0.1, 0.15) is 0 Å². The van der Waals surface area contributed by atoms with Crippen LogP contribution in [0.1, 0.15) is 50.9 Å². The maximum atomic E-state index is 12.9. The van der Waals surface area contributed by atoms with E-state index in [2.05, 4.69) is 10.1 Å². The van der Waals surface area contributed by atoms with Gasteiger partial charge in [-0.25, -0.2) is 8.42 Å². The highest BCUT2D eigenvalue weighted by molar-refractivity contribution is 7.89. The van der Waals surface area contributed by atoms with Gasteiger partial charge in [-0.15, -0.1) is 12.4 Å². The Bertz CT molecular complexity index is 888. The molecule has 0 saturated heterocycles. The van der Waals surface area contributed by atoms with E-state index in [1.165, 1.54) is 4.31 Å². The molecule has 150 valence electrons.